The van der Waals surface area contributed by atoms with Crippen molar-refractivity contribution in [1.29, 1.82) is 0 Å². The van der Waals surface area contributed by atoms with E-state index in [9.17, 15) is 4.21 Å². The van der Waals surface area contributed by atoms with Crippen LogP contribution in [0.3, 0.4) is 0 Å². The maximum atomic E-state index is 11.1. The third-order valence-electron chi connectivity index (χ3n) is 2.16. The van der Waals surface area contributed by atoms with Gasteiger partial charge >= 0.3 is 0 Å². The second-order valence-electron chi connectivity index (χ2n) is 3.41. The molecule has 15 heavy (non-hydrogen) atoms. The normalized spacial score (nSPS) is 16.1. The molecule has 0 amide bonds. The summed E-state index contributed by atoms with van der Waals surface area (Å²) in [6.07, 6.45) is 1.65. The van der Waals surface area contributed by atoms with Gasteiger partial charge in [-0.15, -0.1) is 0 Å². The first-order chi connectivity index (χ1) is 7.16. The maximum absolute atomic E-state index is 11.1. The molecule has 5 heteroatoms. The highest BCUT2D eigenvalue weighted by Crippen LogP contribution is 2.34. The third kappa shape index (κ3) is 2.23. The summed E-state index contributed by atoms with van der Waals surface area (Å²) in [4.78, 5) is 0. The van der Waals surface area contributed by atoms with E-state index in [1.165, 1.54) is 0 Å². The largest absolute Gasteiger partial charge is 0.486 e. The molecule has 0 spiro atoms. The second kappa shape index (κ2) is 4.10. The zero-order chi connectivity index (χ0) is 10.8. The van der Waals surface area contributed by atoms with Crippen LogP contribution in [0.4, 0.5) is 5.69 Å². The van der Waals surface area contributed by atoms with Crippen molar-refractivity contribution in [3.05, 3.63) is 17.7 Å². The van der Waals surface area contributed by atoms with Gasteiger partial charge in [0.2, 0.25) is 0 Å². The average molecular weight is 227 g/mol. The Balaban J connectivity index is 2.36. The van der Waals surface area contributed by atoms with Gasteiger partial charge in [-0.05, 0) is 11.6 Å². The third-order valence-corrected chi connectivity index (χ3v) is 2.88. The first-order valence-electron chi connectivity index (χ1n) is 4.65. The molecule has 4 nitrogen and oxygen atoms in total. The van der Waals surface area contributed by atoms with Crippen molar-refractivity contribution in [3.8, 4) is 11.5 Å². The van der Waals surface area contributed by atoms with Gasteiger partial charge in [0.05, 0.1) is 5.75 Å². The Kier molecular flexibility index (Phi) is 2.81. The fraction of sp³-hybridized carbons (Fsp3) is 0.400. The zero-order valence-corrected chi connectivity index (χ0v) is 9.30. The van der Waals surface area contributed by atoms with Gasteiger partial charge in [-0.25, -0.2) is 0 Å². The molecule has 2 N–H and O–H groups in total. The molecule has 0 saturated carbocycles. The standard InChI is InChI=1S/C10H13NO3S/c1-15(12)6-7-4-9-10(5-8(7)11)14-3-2-13-9/h4-5H,2-3,6,11H2,1H3. The van der Waals surface area contributed by atoms with Crippen LogP contribution in [-0.4, -0.2) is 23.7 Å². The number of anilines is 1. The van der Waals surface area contributed by atoms with Gasteiger partial charge in [0.1, 0.15) is 13.2 Å². The van der Waals surface area contributed by atoms with Gasteiger partial charge in [0.15, 0.2) is 11.5 Å². The first-order valence-corrected chi connectivity index (χ1v) is 6.37. The van der Waals surface area contributed by atoms with Gasteiger partial charge in [-0.3, -0.25) is 4.21 Å². The van der Waals surface area contributed by atoms with Crippen molar-refractivity contribution in [2.24, 2.45) is 0 Å². The molecule has 0 radical (unpaired) electrons. The van der Waals surface area contributed by atoms with Gasteiger partial charge < -0.3 is 15.2 Å². The molecule has 1 atom stereocenters. The minimum absolute atomic E-state index is 0.447. The molecule has 1 aliphatic rings. The summed E-state index contributed by atoms with van der Waals surface area (Å²) in [5, 5.41) is 0. The summed E-state index contributed by atoms with van der Waals surface area (Å²) in [7, 11) is -0.904. The molecule has 0 aromatic heterocycles. The Morgan fingerprint density at radius 1 is 1.33 bits per heavy atom. The van der Waals surface area contributed by atoms with Crippen LogP contribution in [0.25, 0.3) is 0 Å². The molecule has 0 bridgehead atoms. The van der Waals surface area contributed by atoms with Crippen LogP contribution in [0.1, 0.15) is 5.56 Å². The summed E-state index contributed by atoms with van der Waals surface area (Å²) >= 11 is 0. The van der Waals surface area contributed by atoms with Crippen LogP contribution in [0, 0.1) is 0 Å². The summed E-state index contributed by atoms with van der Waals surface area (Å²) in [5.41, 5.74) is 7.28. The first kappa shape index (κ1) is 10.3. The molecular formula is C10H13NO3S. The van der Waals surface area contributed by atoms with E-state index in [1.807, 2.05) is 6.07 Å². The average Bonchev–Trinajstić information content (AvgIpc) is 2.18. The molecule has 1 heterocycles. The smallest absolute Gasteiger partial charge is 0.163 e. The van der Waals surface area contributed by atoms with Gasteiger partial charge in [-0.2, -0.15) is 0 Å². The summed E-state index contributed by atoms with van der Waals surface area (Å²) < 4.78 is 21.9. The Morgan fingerprint density at radius 3 is 2.53 bits per heavy atom. The van der Waals surface area contributed by atoms with Crippen LogP contribution < -0.4 is 15.2 Å². The zero-order valence-electron chi connectivity index (χ0n) is 8.49. The van der Waals surface area contributed by atoms with Crippen molar-refractivity contribution in [1.82, 2.24) is 0 Å². The number of benzene rings is 1. The van der Waals surface area contributed by atoms with Crippen LogP contribution in [0.2, 0.25) is 0 Å². The number of nitrogens with two attached hydrogens (primary N) is 1. The SMILES string of the molecule is CS(=O)Cc1cc2c(cc1N)OCCO2. The number of hydrogen-bond donors (Lipinski definition) is 1. The number of ether oxygens (including phenoxy) is 2. The van der Waals surface area contributed by atoms with E-state index in [0.717, 1.165) is 5.56 Å². The fourth-order valence-corrected chi connectivity index (χ4v) is 2.18. The molecule has 1 aromatic carbocycles. The molecule has 1 aliphatic heterocycles. The molecule has 0 aliphatic carbocycles. The second-order valence-corrected chi connectivity index (χ2v) is 4.85. The number of rotatable bonds is 2. The fourth-order valence-electron chi connectivity index (χ4n) is 1.49. The van der Waals surface area contributed by atoms with Crippen molar-refractivity contribution in [2.45, 2.75) is 5.75 Å². The van der Waals surface area contributed by atoms with Crippen LogP contribution in [0.5, 0.6) is 11.5 Å². The lowest BCUT2D eigenvalue weighted by Crippen LogP contribution is -2.16. The highest BCUT2D eigenvalue weighted by atomic mass is 32.2. The molecule has 0 fully saturated rings. The minimum Gasteiger partial charge on any atom is -0.486 e. The number of nitrogen functional groups attached to an aromatic ring is 1. The monoisotopic (exact) mass is 227 g/mol. The van der Waals surface area contributed by atoms with Crippen LogP contribution >= 0.6 is 0 Å². The Morgan fingerprint density at radius 2 is 1.93 bits per heavy atom. The predicted octanol–water partition coefficient (Wildman–Crippen LogP) is 0.918. The molecule has 1 unspecified atom stereocenters. The van der Waals surface area contributed by atoms with Crippen molar-refractivity contribution in [2.75, 3.05) is 25.2 Å². The van der Waals surface area contributed by atoms with Crippen molar-refractivity contribution >= 4 is 16.5 Å². The molecule has 82 valence electrons. The summed E-state index contributed by atoms with van der Waals surface area (Å²) in [6.45, 7) is 1.09. The lowest BCUT2D eigenvalue weighted by Gasteiger charge is -2.19. The van der Waals surface area contributed by atoms with Crippen molar-refractivity contribution in [3.63, 3.8) is 0 Å². The Bertz CT molecular complexity index is 406. The van der Waals surface area contributed by atoms with Gasteiger partial charge in [0, 0.05) is 28.8 Å². The molecule has 0 saturated heterocycles. The maximum Gasteiger partial charge on any atom is 0.163 e. The van der Waals surface area contributed by atoms with E-state index in [1.54, 1.807) is 12.3 Å². The lowest BCUT2D eigenvalue weighted by molar-refractivity contribution is 0.171. The Labute approximate surface area is 90.8 Å². The van der Waals surface area contributed by atoms with Crippen LogP contribution in [0.15, 0.2) is 12.1 Å². The number of fused-ring (bicyclic) bond motifs is 1. The number of hydrogen-bond acceptors (Lipinski definition) is 4. The molecule has 2 rings (SSSR count). The molecule has 1 aromatic rings. The van der Waals surface area contributed by atoms with Gasteiger partial charge in [-0.1, -0.05) is 0 Å². The highest BCUT2D eigenvalue weighted by molar-refractivity contribution is 7.83. The summed E-state index contributed by atoms with van der Waals surface area (Å²) in [6, 6.07) is 3.54. The van der Waals surface area contributed by atoms with E-state index in [2.05, 4.69) is 0 Å². The van der Waals surface area contributed by atoms with Crippen LogP contribution in [-0.2, 0) is 16.6 Å². The highest BCUT2D eigenvalue weighted by Gasteiger charge is 2.14. The van der Waals surface area contributed by atoms with E-state index in [-0.39, 0.29) is 0 Å². The van der Waals surface area contributed by atoms with E-state index in [4.69, 9.17) is 15.2 Å². The van der Waals surface area contributed by atoms with Crippen molar-refractivity contribution < 1.29 is 13.7 Å². The Hall–Kier alpha value is -1.23. The van der Waals surface area contributed by atoms with E-state index in [0.29, 0.717) is 36.2 Å². The minimum atomic E-state index is -0.904. The quantitative estimate of drug-likeness (QED) is 0.763. The topological polar surface area (TPSA) is 61.6 Å². The van der Waals surface area contributed by atoms with Gasteiger partial charge in [0.25, 0.3) is 0 Å². The molecular weight excluding hydrogens is 214 g/mol. The summed E-state index contributed by atoms with van der Waals surface area (Å²) in [5.74, 6) is 1.81. The lowest BCUT2D eigenvalue weighted by atomic mass is 10.2. The predicted molar refractivity (Wildman–Crippen MR) is 59.6 cm³/mol. The van der Waals surface area contributed by atoms with E-state index < -0.39 is 10.8 Å². The van der Waals surface area contributed by atoms with E-state index >= 15 is 0 Å².